The number of sulfonamides is 1. The van der Waals surface area contributed by atoms with Crippen molar-refractivity contribution in [1.29, 1.82) is 0 Å². The van der Waals surface area contributed by atoms with Crippen LogP contribution in [0.3, 0.4) is 0 Å². The summed E-state index contributed by atoms with van der Waals surface area (Å²) in [6.07, 6.45) is 1.54. The Balaban J connectivity index is 2.47. The Kier molecular flexibility index (Phi) is 4.01. The zero-order valence-corrected chi connectivity index (χ0v) is 13.4. The number of rotatable bonds is 3. The minimum Gasteiger partial charge on any atom is -0.398 e. The van der Waals surface area contributed by atoms with Crippen molar-refractivity contribution in [3.05, 3.63) is 46.1 Å². The Bertz CT molecular complexity index is 760. The van der Waals surface area contributed by atoms with Crippen molar-refractivity contribution < 1.29 is 8.42 Å². The number of aryl methyl sites for hydroxylation is 2. The first-order valence-electron chi connectivity index (χ1n) is 5.81. The fraction of sp³-hybridized carbons (Fsp3) is 0.154. The fourth-order valence-electron chi connectivity index (χ4n) is 1.73. The molecular formula is C13H14BrN3O2S. The lowest BCUT2D eigenvalue weighted by Crippen LogP contribution is -2.16. The lowest BCUT2D eigenvalue weighted by Gasteiger charge is -2.12. The first-order valence-corrected chi connectivity index (χ1v) is 8.09. The predicted octanol–water partition coefficient (Wildman–Crippen LogP) is 2.84. The Hall–Kier alpha value is -1.60. The van der Waals surface area contributed by atoms with Gasteiger partial charge in [0.1, 0.15) is 5.82 Å². The van der Waals surface area contributed by atoms with E-state index in [-0.39, 0.29) is 4.90 Å². The van der Waals surface area contributed by atoms with Gasteiger partial charge in [0.2, 0.25) is 0 Å². The molecule has 0 saturated heterocycles. The number of nitrogens with one attached hydrogen (secondary N) is 1. The average Bonchev–Trinajstić information content (AvgIpc) is 2.36. The molecule has 0 aliphatic heterocycles. The minimum absolute atomic E-state index is 0.142. The highest BCUT2D eigenvalue weighted by molar-refractivity contribution is 9.10. The summed E-state index contributed by atoms with van der Waals surface area (Å²) in [5, 5.41) is 0. The van der Waals surface area contributed by atoms with Gasteiger partial charge in [0, 0.05) is 16.4 Å². The second-order valence-corrected chi connectivity index (χ2v) is 6.92. The molecule has 1 heterocycles. The number of pyridine rings is 1. The van der Waals surface area contributed by atoms with Crippen LogP contribution in [0.25, 0.3) is 0 Å². The van der Waals surface area contributed by atoms with Gasteiger partial charge >= 0.3 is 0 Å². The first-order chi connectivity index (χ1) is 9.31. The molecular weight excluding hydrogens is 342 g/mol. The molecule has 0 radical (unpaired) electrons. The van der Waals surface area contributed by atoms with E-state index in [1.54, 1.807) is 32.0 Å². The van der Waals surface area contributed by atoms with E-state index in [2.05, 4.69) is 25.6 Å². The number of halogens is 1. The van der Waals surface area contributed by atoms with E-state index in [4.69, 9.17) is 5.73 Å². The van der Waals surface area contributed by atoms with Gasteiger partial charge in [0.25, 0.3) is 10.0 Å². The molecule has 0 aliphatic rings. The summed E-state index contributed by atoms with van der Waals surface area (Å²) < 4.78 is 28.0. The number of hydrogen-bond acceptors (Lipinski definition) is 4. The van der Waals surface area contributed by atoms with E-state index in [1.165, 1.54) is 12.3 Å². The van der Waals surface area contributed by atoms with Gasteiger partial charge in [0.15, 0.2) is 0 Å². The SMILES string of the molecule is Cc1cc(Br)c(N)cc1S(=O)(=O)Nc1ncccc1C. The van der Waals surface area contributed by atoms with Gasteiger partial charge in [0.05, 0.1) is 4.90 Å². The van der Waals surface area contributed by atoms with Crippen molar-refractivity contribution >= 4 is 37.5 Å². The quantitative estimate of drug-likeness (QED) is 0.829. The highest BCUT2D eigenvalue weighted by Crippen LogP contribution is 2.28. The number of hydrogen-bond donors (Lipinski definition) is 2. The van der Waals surface area contributed by atoms with Gasteiger partial charge in [-0.1, -0.05) is 6.07 Å². The number of nitrogen functional groups attached to an aromatic ring is 1. The maximum Gasteiger partial charge on any atom is 0.263 e. The summed E-state index contributed by atoms with van der Waals surface area (Å²) >= 11 is 3.27. The molecule has 106 valence electrons. The van der Waals surface area contributed by atoms with Crippen molar-refractivity contribution in [3.63, 3.8) is 0 Å². The predicted molar refractivity (Wildman–Crippen MR) is 83.1 cm³/mol. The molecule has 20 heavy (non-hydrogen) atoms. The van der Waals surface area contributed by atoms with E-state index in [0.717, 1.165) is 5.56 Å². The third kappa shape index (κ3) is 2.94. The van der Waals surface area contributed by atoms with Crippen LogP contribution in [0.5, 0.6) is 0 Å². The molecule has 1 aromatic carbocycles. The van der Waals surface area contributed by atoms with Crippen molar-refractivity contribution in [2.45, 2.75) is 18.7 Å². The van der Waals surface area contributed by atoms with Crippen LogP contribution in [0.15, 0.2) is 39.8 Å². The van der Waals surface area contributed by atoms with Crippen LogP contribution in [0.2, 0.25) is 0 Å². The second-order valence-electron chi connectivity index (χ2n) is 4.41. The highest BCUT2D eigenvalue weighted by Gasteiger charge is 2.19. The summed E-state index contributed by atoms with van der Waals surface area (Å²) in [5.41, 5.74) is 7.48. The standard InChI is InChI=1S/C13H14BrN3O2S/c1-8-4-3-5-16-13(8)17-20(18,19)12-7-11(15)10(14)6-9(12)2/h3-7H,15H2,1-2H3,(H,16,17). The number of anilines is 2. The van der Waals surface area contributed by atoms with Crippen molar-refractivity contribution in [2.75, 3.05) is 10.5 Å². The van der Waals surface area contributed by atoms with E-state index >= 15 is 0 Å². The normalized spacial score (nSPS) is 11.3. The van der Waals surface area contributed by atoms with Gasteiger partial charge in [-0.15, -0.1) is 0 Å². The average molecular weight is 356 g/mol. The van der Waals surface area contributed by atoms with E-state index in [1.807, 2.05) is 0 Å². The Morgan fingerprint density at radius 2 is 1.95 bits per heavy atom. The van der Waals surface area contributed by atoms with Crippen LogP contribution in [-0.2, 0) is 10.0 Å². The maximum atomic E-state index is 12.4. The zero-order chi connectivity index (χ0) is 14.9. The Labute approximate surface area is 126 Å². The van der Waals surface area contributed by atoms with E-state index < -0.39 is 10.0 Å². The van der Waals surface area contributed by atoms with Crippen LogP contribution in [0.4, 0.5) is 11.5 Å². The molecule has 2 rings (SSSR count). The first kappa shape index (κ1) is 14.8. The molecule has 0 amide bonds. The third-order valence-corrected chi connectivity index (χ3v) is 4.99. The van der Waals surface area contributed by atoms with Crippen LogP contribution < -0.4 is 10.5 Å². The number of aromatic nitrogens is 1. The summed E-state index contributed by atoms with van der Waals surface area (Å²) in [4.78, 5) is 4.17. The summed E-state index contributed by atoms with van der Waals surface area (Å²) in [7, 11) is -3.72. The van der Waals surface area contributed by atoms with Crippen LogP contribution >= 0.6 is 15.9 Å². The van der Waals surface area contributed by atoms with Crippen LogP contribution in [0, 0.1) is 13.8 Å². The van der Waals surface area contributed by atoms with Gasteiger partial charge < -0.3 is 5.73 Å². The van der Waals surface area contributed by atoms with Gasteiger partial charge in [-0.3, -0.25) is 4.72 Å². The zero-order valence-electron chi connectivity index (χ0n) is 11.0. The smallest absolute Gasteiger partial charge is 0.263 e. The van der Waals surface area contributed by atoms with Crippen LogP contribution in [-0.4, -0.2) is 13.4 Å². The molecule has 1 aromatic heterocycles. The number of benzene rings is 1. The molecule has 0 spiro atoms. The Morgan fingerprint density at radius 3 is 2.60 bits per heavy atom. The molecule has 0 atom stereocenters. The highest BCUT2D eigenvalue weighted by atomic mass is 79.9. The number of nitrogens with two attached hydrogens (primary N) is 1. The Morgan fingerprint density at radius 1 is 1.25 bits per heavy atom. The molecule has 0 aliphatic carbocycles. The molecule has 5 nitrogen and oxygen atoms in total. The largest absolute Gasteiger partial charge is 0.398 e. The molecule has 0 unspecified atom stereocenters. The van der Waals surface area contributed by atoms with E-state index in [0.29, 0.717) is 21.5 Å². The topological polar surface area (TPSA) is 85.1 Å². The maximum absolute atomic E-state index is 12.4. The monoisotopic (exact) mass is 355 g/mol. The summed E-state index contributed by atoms with van der Waals surface area (Å²) in [6, 6.07) is 6.64. The molecule has 0 fully saturated rings. The molecule has 0 saturated carbocycles. The van der Waals surface area contributed by atoms with Crippen molar-refractivity contribution in [3.8, 4) is 0 Å². The van der Waals surface area contributed by atoms with E-state index in [9.17, 15) is 8.42 Å². The minimum atomic E-state index is -3.72. The van der Waals surface area contributed by atoms with Gasteiger partial charge in [-0.2, -0.15) is 0 Å². The van der Waals surface area contributed by atoms with Crippen LogP contribution in [0.1, 0.15) is 11.1 Å². The lowest BCUT2D eigenvalue weighted by atomic mass is 10.2. The molecule has 3 N–H and O–H groups in total. The summed E-state index contributed by atoms with van der Waals surface area (Å²) in [6.45, 7) is 3.50. The van der Waals surface area contributed by atoms with Gasteiger partial charge in [-0.25, -0.2) is 13.4 Å². The number of nitrogens with zero attached hydrogens (tertiary/aromatic N) is 1. The third-order valence-electron chi connectivity index (χ3n) is 2.82. The summed E-state index contributed by atoms with van der Waals surface area (Å²) in [5.74, 6) is 0.313. The fourth-order valence-corrected chi connectivity index (χ4v) is 3.53. The lowest BCUT2D eigenvalue weighted by molar-refractivity contribution is 0.600. The van der Waals surface area contributed by atoms with Crippen molar-refractivity contribution in [2.24, 2.45) is 0 Å². The van der Waals surface area contributed by atoms with Crippen molar-refractivity contribution in [1.82, 2.24) is 4.98 Å². The van der Waals surface area contributed by atoms with Gasteiger partial charge in [-0.05, 0) is 59.1 Å². The molecule has 7 heteroatoms. The second kappa shape index (κ2) is 5.41. The molecule has 0 bridgehead atoms. The molecule has 2 aromatic rings.